The molecule has 1 aromatic heterocycles. The summed E-state index contributed by atoms with van der Waals surface area (Å²) in [5.41, 5.74) is -0.815. The van der Waals surface area contributed by atoms with E-state index in [0.717, 1.165) is 6.20 Å². The fourth-order valence-electron chi connectivity index (χ4n) is 1.39. The molecule has 0 radical (unpaired) electrons. The van der Waals surface area contributed by atoms with Crippen LogP contribution < -0.4 is 5.32 Å². The zero-order chi connectivity index (χ0) is 14.9. The van der Waals surface area contributed by atoms with Gasteiger partial charge in [0.15, 0.2) is 11.6 Å². The van der Waals surface area contributed by atoms with Crippen molar-refractivity contribution in [3.63, 3.8) is 0 Å². The first-order chi connectivity index (χ1) is 9.38. The second-order valence-corrected chi connectivity index (χ2v) is 4.46. The van der Waals surface area contributed by atoms with Crippen molar-refractivity contribution in [1.29, 1.82) is 0 Å². The van der Waals surface area contributed by atoms with Gasteiger partial charge in [0.2, 0.25) is 0 Å². The molecule has 0 aliphatic heterocycles. The van der Waals surface area contributed by atoms with Crippen molar-refractivity contribution in [2.75, 3.05) is 5.32 Å². The van der Waals surface area contributed by atoms with Gasteiger partial charge in [0, 0.05) is 18.3 Å². The minimum atomic E-state index is -1.23. The Morgan fingerprint density at radius 3 is 2.25 bits per heavy atom. The van der Waals surface area contributed by atoms with E-state index in [-0.39, 0.29) is 15.7 Å². The highest BCUT2D eigenvalue weighted by atomic mass is 35.5. The van der Waals surface area contributed by atoms with Crippen LogP contribution in [0.5, 0.6) is 0 Å². The van der Waals surface area contributed by atoms with Gasteiger partial charge in [0.25, 0.3) is 5.91 Å². The third-order valence-corrected chi connectivity index (χ3v) is 2.99. The van der Waals surface area contributed by atoms with E-state index in [1.165, 1.54) is 6.07 Å². The normalized spacial score (nSPS) is 10.4. The molecule has 3 nitrogen and oxygen atoms in total. The molecule has 0 spiro atoms. The largest absolute Gasteiger partial charge is 0.317 e. The van der Waals surface area contributed by atoms with E-state index in [1.807, 2.05) is 5.32 Å². The Morgan fingerprint density at radius 2 is 1.70 bits per heavy atom. The van der Waals surface area contributed by atoms with Crippen molar-refractivity contribution in [2.24, 2.45) is 0 Å². The lowest BCUT2D eigenvalue weighted by molar-refractivity contribution is 0.102. The number of pyridine rings is 1. The Hall–Kier alpha value is -1.79. The Balaban J connectivity index is 2.30. The van der Waals surface area contributed by atoms with Crippen LogP contribution in [0.1, 0.15) is 10.4 Å². The molecule has 8 heteroatoms. The van der Waals surface area contributed by atoms with Gasteiger partial charge >= 0.3 is 0 Å². The summed E-state index contributed by atoms with van der Waals surface area (Å²) >= 11 is 11.2. The van der Waals surface area contributed by atoms with Crippen molar-refractivity contribution in [1.82, 2.24) is 4.98 Å². The maximum absolute atomic E-state index is 13.4. The van der Waals surface area contributed by atoms with E-state index in [0.29, 0.717) is 12.1 Å². The van der Waals surface area contributed by atoms with Crippen LogP contribution in [0.15, 0.2) is 24.4 Å². The molecule has 1 aromatic carbocycles. The standard InChI is InChI=1S/C12H5Cl2F3N2O/c13-7-1-5(4-18-11(7)14)12(20)19-10-8(16)2-6(15)3-9(10)17/h1-4H,(H,19,20). The van der Waals surface area contributed by atoms with Crippen molar-refractivity contribution < 1.29 is 18.0 Å². The number of halogens is 5. The molecule has 2 rings (SSSR count). The first kappa shape index (κ1) is 14.6. The number of carbonyl (C=O) groups is 1. The molecule has 20 heavy (non-hydrogen) atoms. The maximum atomic E-state index is 13.4. The number of nitrogens with one attached hydrogen (secondary N) is 1. The molecule has 104 valence electrons. The first-order valence-electron chi connectivity index (χ1n) is 5.15. The van der Waals surface area contributed by atoms with Gasteiger partial charge in [-0.05, 0) is 6.07 Å². The lowest BCUT2D eigenvalue weighted by Gasteiger charge is -2.08. The van der Waals surface area contributed by atoms with Gasteiger partial charge in [0.05, 0.1) is 10.6 Å². The van der Waals surface area contributed by atoms with Crippen LogP contribution in [-0.4, -0.2) is 10.9 Å². The third kappa shape index (κ3) is 3.02. The average molecular weight is 321 g/mol. The third-order valence-electron chi connectivity index (χ3n) is 2.30. The zero-order valence-corrected chi connectivity index (χ0v) is 11.1. The maximum Gasteiger partial charge on any atom is 0.257 e. The molecule has 0 saturated carbocycles. The molecular weight excluding hydrogens is 316 g/mol. The molecule has 0 bridgehead atoms. The Labute approximate surface area is 121 Å². The molecule has 1 heterocycles. The summed E-state index contributed by atoms with van der Waals surface area (Å²) in [7, 11) is 0. The highest BCUT2D eigenvalue weighted by Gasteiger charge is 2.16. The number of amides is 1. The fraction of sp³-hybridized carbons (Fsp3) is 0. The Morgan fingerprint density at radius 1 is 1.10 bits per heavy atom. The Kier molecular flexibility index (Phi) is 4.15. The summed E-state index contributed by atoms with van der Waals surface area (Å²) < 4.78 is 39.5. The fourth-order valence-corrected chi connectivity index (χ4v) is 1.66. The summed E-state index contributed by atoms with van der Waals surface area (Å²) in [6, 6.07) is 2.09. The van der Waals surface area contributed by atoms with Gasteiger partial charge in [-0.1, -0.05) is 23.2 Å². The molecule has 0 fully saturated rings. The zero-order valence-electron chi connectivity index (χ0n) is 9.55. The predicted octanol–water partition coefficient (Wildman–Crippen LogP) is 4.06. The first-order valence-corrected chi connectivity index (χ1v) is 5.91. The van der Waals surface area contributed by atoms with Crippen molar-refractivity contribution in [3.05, 3.63) is 57.6 Å². The van der Waals surface area contributed by atoms with E-state index in [9.17, 15) is 18.0 Å². The number of hydrogen-bond acceptors (Lipinski definition) is 2. The number of benzene rings is 1. The number of nitrogens with zero attached hydrogens (tertiary/aromatic N) is 1. The molecule has 1 amide bonds. The van der Waals surface area contributed by atoms with Crippen LogP contribution in [-0.2, 0) is 0 Å². The summed E-state index contributed by atoms with van der Waals surface area (Å²) in [5, 5.41) is 1.97. The Bertz CT molecular complexity index is 671. The van der Waals surface area contributed by atoms with Gasteiger partial charge in [-0.2, -0.15) is 0 Å². The van der Waals surface area contributed by atoms with Gasteiger partial charge < -0.3 is 5.32 Å². The van der Waals surface area contributed by atoms with E-state index in [4.69, 9.17) is 23.2 Å². The van der Waals surface area contributed by atoms with Crippen LogP contribution in [0, 0.1) is 17.5 Å². The number of rotatable bonds is 2. The molecule has 0 atom stereocenters. The monoisotopic (exact) mass is 320 g/mol. The highest BCUT2D eigenvalue weighted by Crippen LogP contribution is 2.23. The van der Waals surface area contributed by atoms with Crippen molar-refractivity contribution in [3.8, 4) is 0 Å². The second-order valence-electron chi connectivity index (χ2n) is 3.70. The summed E-state index contributed by atoms with van der Waals surface area (Å²) in [6.45, 7) is 0. The average Bonchev–Trinajstić information content (AvgIpc) is 2.36. The van der Waals surface area contributed by atoms with Gasteiger partial charge in [0.1, 0.15) is 16.7 Å². The van der Waals surface area contributed by atoms with Crippen LogP contribution in [0.4, 0.5) is 18.9 Å². The number of aromatic nitrogens is 1. The lowest BCUT2D eigenvalue weighted by atomic mass is 10.2. The minimum Gasteiger partial charge on any atom is -0.317 e. The van der Waals surface area contributed by atoms with Crippen LogP contribution in [0.25, 0.3) is 0 Å². The van der Waals surface area contributed by atoms with E-state index in [2.05, 4.69) is 4.98 Å². The lowest BCUT2D eigenvalue weighted by Crippen LogP contribution is -2.15. The molecular formula is C12H5Cl2F3N2O. The summed E-state index contributed by atoms with van der Waals surface area (Å²) in [5.74, 6) is -4.41. The molecule has 2 aromatic rings. The van der Waals surface area contributed by atoms with Gasteiger partial charge in [-0.15, -0.1) is 0 Å². The van der Waals surface area contributed by atoms with E-state index >= 15 is 0 Å². The van der Waals surface area contributed by atoms with Crippen LogP contribution >= 0.6 is 23.2 Å². The van der Waals surface area contributed by atoms with E-state index < -0.39 is 29.0 Å². The topological polar surface area (TPSA) is 42.0 Å². The van der Waals surface area contributed by atoms with Gasteiger partial charge in [-0.3, -0.25) is 4.79 Å². The second kappa shape index (κ2) is 5.68. The van der Waals surface area contributed by atoms with Crippen LogP contribution in [0.3, 0.4) is 0 Å². The quantitative estimate of drug-likeness (QED) is 0.848. The summed E-state index contributed by atoms with van der Waals surface area (Å²) in [6.07, 6.45) is 1.09. The van der Waals surface area contributed by atoms with E-state index in [1.54, 1.807) is 0 Å². The van der Waals surface area contributed by atoms with Crippen molar-refractivity contribution in [2.45, 2.75) is 0 Å². The molecule has 0 aliphatic rings. The molecule has 0 unspecified atom stereocenters. The SMILES string of the molecule is O=C(Nc1c(F)cc(F)cc1F)c1cnc(Cl)c(Cl)c1. The molecule has 0 saturated heterocycles. The smallest absolute Gasteiger partial charge is 0.257 e. The number of hydrogen-bond donors (Lipinski definition) is 1. The minimum absolute atomic E-state index is 0.0117. The summed E-state index contributed by atoms with van der Waals surface area (Å²) in [4.78, 5) is 15.4. The number of carbonyl (C=O) groups excluding carboxylic acids is 1. The number of anilines is 1. The highest BCUT2D eigenvalue weighted by molar-refractivity contribution is 6.41. The van der Waals surface area contributed by atoms with Gasteiger partial charge in [-0.25, -0.2) is 18.2 Å². The molecule has 0 aliphatic carbocycles. The van der Waals surface area contributed by atoms with Crippen molar-refractivity contribution >= 4 is 34.8 Å². The van der Waals surface area contributed by atoms with Crippen LogP contribution in [0.2, 0.25) is 10.2 Å². The molecule has 1 N–H and O–H groups in total. The predicted molar refractivity (Wildman–Crippen MR) is 68.5 cm³/mol.